The molecule has 1 heterocycles. The molecular formula is C19H19N3O2S. The van der Waals surface area contributed by atoms with Crippen molar-refractivity contribution in [2.24, 2.45) is 0 Å². The molecule has 5 nitrogen and oxygen atoms in total. The maximum absolute atomic E-state index is 12.2. The Kier molecular flexibility index (Phi) is 5.50. The number of carbonyl (C=O) groups is 1. The van der Waals surface area contributed by atoms with E-state index in [1.165, 1.54) is 11.8 Å². The third-order valence-electron chi connectivity index (χ3n) is 3.74. The minimum Gasteiger partial charge on any atom is -0.411 e. The van der Waals surface area contributed by atoms with E-state index < -0.39 is 0 Å². The third kappa shape index (κ3) is 4.48. The number of carbonyl (C=O) groups excluding carboxylic acids is 1. The minimum absolute atomic E-state index is 0.0653. The van der Waals surface area contributed by atoms with Crippen molar-refractivity contribution >= 4 is 17.7 Å². The van der Waals surface area contributed by atoms with Crippen molar-refractivity contribution in [2.45, 2.75) is 30.9 Å². The predicted octanol–water partition coefficient (Wildman–Crippen LogP) is 3.84. The van der Waals surface area contributed by atoms with Gasteiger partial charge < -0.3 is 9.73 Å². The average Bonchev–Trinajstić information content (AvgIpc) is 3.09. The van der Waals surface area contributed by atoms with Gasteiger partial charge in [0.2, 0.25) is 11.8 Å². The molecule has 25 heavy (non-hydrogen) atoms. The van der Waals surface area contributed by atoms with Crippen molar-refractivity contribution in [2.75, 3.05) is 0 Å². The van der Waals surface area contributed by atoms with Crippen molar-refractivity contribution < 1.29 is 9.21 Å². The van der Waals surface area contributed by atoms with E-state index in [0.717, 1.165) is 16.7 Å². The molecule has 3 rings (SSSR count). The normalized spacial score (nSPS) is 11.9. The predicted molar refractivity (Wildman–Crippen MR) is 98.1 cm³/mol. The zero-order chi connectivity index (χ0) is 17.6. The SMILES string of the molecule is Cc1ccccc1-c1nnc(S[C@H](C)C(=O)NCc2ccccc2)o1. The Balaban J connectivity index is 1.59. The summed E-state index contributed by atoms with van der Waals surface area (Å²) in [7, 11) is 0. The molecule has 1 N–H and O–H groups in total. The third-order valence-corrected chi connectivity index (χ3v) is 4.67. The van der Waals surface area contributed by atoms with E-state index >= 15 is 0 Å². The maximum Gasteiger partial charge on any atom is 0.277 e. The fraction of sp³-hybridized carbons (Fsp3) is 0.211. The van der Waals surface area contributed by atoms with E-state index in [1.54, 1.807) is 0 Å². The summed E-state index contributed by atoms with van der Waals surface area (Å²) in [5, 5.41) is 11.1. The van der Waals surface area contributed by atoms with Crippen LogP contribution in [0.5, 0.6) is 0 Å². The Morgan fingerprint density at radius 1 is 1.12 bits per heavy atom. The van der Waals surface area contributed by atoms with Crippen LogP contribution in [0.25, 0.3) is 11.5 Å². The van der Waals surface area contributed by atoms with Crippen LogP contribution in [0.3, 0.4) is 0 Å². The smallest absolute Gasteiger partial charge is 0.277 e. The number of nitrogens with zero attached hydrogens (tertiary/aromatic N) is 2. The zero-order valence-electron chi connectivity index (χ0n) is 14.1. The van der Waals surface area contributed by atoms with Crippen LogP contribution in [0.2, 0.25) is 0 Å². The summed E-state index contributed by atoms with van der Waals surface area (Å²) in [4.78, 5) is 12.2. The number of nitrogens with one attached hydrogen (secondary N) is 1. The van der Waals surface area contributed by atoms with Gasteiger partial charge in [-0.1, -0.05) is 60.3 Å². The van der Waals surface area contributed by atoms with Gasteiger partial charge in [-0.15, -0.1) is 10.2 Å². The summed E-state index contributed by atoms with van der Waals surface area (Å²) in [6, 6.07) is 17.6. The summed E-state index contributed by atoms with van der Waals surface area (Å²) in [5.41, 5.74) is 3.03. The number of thioether (sulfide) groups is 1. The van der Waals surface area contributed by atoms with Crippen LogP contribution >= 0.6 is 11.8 Å². The van der Waals surface area contributed by atoms with Gasteiger partial charge in [-0.25, -0.2) is 0 Å². The first-order valence-electron chi connectivity index (χ1n) is 8.01. The van der Waals surface area contributed by atoms with Gasteiger partial charge in [-0.3, -0.25) is 4.79 Å². The van der Waals surface area contributed by atoms with Gasteiger partial charge in [0, 0.05) is 12.1 Å². The van der Waals surface area contributed by atoms with Crippen LogP contribution in [-0.2, 0) is 11.3 Å². The fourth-order valence-corrected chi connectivity index (χ4v) is 3.02. The molecule has 0 aliphatic heterocycles. The van der Waals surface area contributed by atoms with Crippen LogP contribution in [0, 0.1) is 6.92 Å². The number of hydrogen-bond acceptors (Lipinski definition) is 5. The summed E-state index contributed by atoms with van der Waals surface area (Å²) in [5.74, 6) is 0.405. The van der Waals surface area contributed by atoms with Gasteiger partial charge in [0.15, 0.2) is 0 Å². The number of benzene rings is 2. The minimum atomic E-state index is -0.325. The Morgan fingerprint density at radius 3 is 2.60 bits per heavy atom. The quantitative estimate of drug-likeness (QED) is 0.682. The van der Waals surface area contributed by atoms with Gasteiger partial charge in [0.05, 0.1) is 5.25 Å². The molecule has 1 atom stereocenters. The van der Waals surface area contributed by atoms with E-state index in [1.807, 2.05) is 68.4 Å². The lowest BCUT2D eigenvalue weighted by atomic mass is 10.1. The Morgan fingerprint density at radius 2 is 1.84 bits per heavy atom. The van der Waals surface area contributed by atoms with Gasteiger partial charge in [0.1, 0.15) is 0 Å². The van der Waals surface area contributed by atoms with E-state index in [-0.39, 0.29) is 11.2 Å². The molecule has 128 valence electrons. The molecule has 1 amide bonds. The van der Waals surface area contributed by atoms with Crippen LogP contribution in [0.4, 0.5) is 0 Å². The molecule has 3 aromatic rings. The van der Waals surface area contributed by atoms with Gasteiger partial charge in [-0.2, -0.15) is 0 Å². The lowest BCUT2D eigenvalue weighted by Gasteiger charge is -2.09. The molecule has 0 saturated carbocycles. The van der Waals surface area contributed by atoms with Crippen molar-refractivity contribution in [3.63, 3.8) is 0 Å². The first kappa shape index (κ1) is 17.2. The number of rotatable bonds is 6. The zero-order valence-corrected chi connectivity index (χ0v) is 14.9. The van der Waals surface area contributed by atoms with Crippen LogP contribution in [-0.4, -0.2) is 21.4 Å². The van der Waals surface area contributed by atoms with Crippen LogP contribution in [0.15, 0.2) is 64.2 Å². The summed E-state index contributed by atoms with van der Waals surface area (Å²) in [6.45, 7) is 4.32. The highest BCUT2D eigenvalue weighted by atomic mass is 32.2. The standard InChI is InChI=1S/C19H19N3O2S/c1-13-8-6-7-11-16(13)18-21-22-19(24-18)25-14(2)17(23)20-12-15-9-4-3-5-10-15/h3-11,14H,12H2,1-2H3,(H,20,23)/t14-/m1/s1. The van der Waals surface area contributed by atoms with E-state index in [4.69, 9.17) is 4.42 Å². The van der Waals surface area contributed by atoms with Crippen LogP contribution < -0.4 is 5.32 Å². The second kappa shape index (κ2) is 7.98. The molecule has 0 radical (unpaired) electrons. The first-order valence-corrected chi connectivity index (χ1v) is 8.89. The molecular weight excluding hydrogens is 334 g/mol. The summed E-state index contributed by atoms with van der Waals surface area (Å²) >= 11 is 1.26. The van der Waals surface area contributed by atoms with E-state index in [0.29, 0.717) is 17.7 Å². The highest BCUT2D eigenvalue weighted by Crippen LogP contribution is 2.27. The molecule has 0 spiro atoms. The average molecular weight is 353 g/mol. The number of aromatic nitrogens is 2. The largest absolute Gasteiger partial charge is 0.411 e. The Bertz CT molecular complexity index is 849. The summed E-state index contributed by atoms with van der Waals surface area (Å²) < 4.78 is 5.69. The molecule has 2 aromatic carbocycles. The number of aryl methyl sites for hydroxylation is 1. The molecule has 0 saturated heterocycles. The topological polar surface area (TPSA) is 68.0 Å². The van der Waals surface area contributed by atoms with Crippen molar-refractivity contribution in [1.29, 1.82) is 0 Å². The van der Waals surface area contributed by atoms with E-state index in [2.05, 4.69) is 15.5 Å². The second-order valence-electron chi connectivity index (χ2n) is 5.65. The lowest BCUT2D eigenvalue weighted by Crippen LogP contribution is -2.30. The highest BCUT2D eigenvalue weighted by Gasteiger charge is 2.19. The van der Waals surface area contributed by atoms with Crippen molar-refractivity contribution in [3.05, 3.63) is 65.7 Å². The molecule has 0 fully saturated rings. The maximum atomic E-state index is 12.2. The molecule has 0 unspecified atom stereocenters. The number of amides is 1. The molecule has 0 aliphatic rings. The summed E-state index contributed by atoms with van der Waals surface area (Å²) in [6.07, 6.45) is 0. The Labute approximate surface area is 150 Å². The van der Waals surface area contributed by atoms with Gasteiger partial charge in [0.25, 0.3) is 5.22 Å². The van der Waals surface area contributed by atoms with Gasteiger partial charge in [-0.05, 0) is 31.0 Å². The van der Waals surface area contributed by atoms with E-state index in [9.17, 15) is 4.79 Å². The number of hydrogen-bond donors (Lipinski definition) is 1. The van der Waals surface area contributed by atoms with Crippen molar-refractivity contribution in [1.82, 2.24) is 15.5 Å². The van der Waals surface area contributed by atoms with Gasteiger partial charge >= 0.3 is 0 Å². The van der Waals surface area contributed by atoms with Crippen LogP contribution in [0.1, 0.15) is 18.1 Å². The molecule has 6 heteroatoms. The Hall–Kier alpha value is -2.60. The monoisotopic (exact) mass is 353 g/mol. The second-order valence-corrected chi connectivity index (χ2v) is 6.94. The molecule has 1 aromatic heterocycles. The van der Waals surface area contributed by atoms with Crippen molar-refractivity contribution in [3.8, 4) is 11.5 Å². The molecule has 0 bridgehead atoms. The highest BCUT2D eigenvalue weighted by molar-refractivity contribution is 8.00. The lowest BCUT2D eigenvalue weighted by molar-refractivity contribution is -0.120. The molecule has 0 aliphatic carbocycles. The first-order chi connectivity index (χ1) is 12.1. The fourth-order valence-electron chi connectivity index (χ4n) is 2.31.